The molecule has 0 aliphatic heterocycles. The van der Waals surface area contributed by atoms with Crippen LogP contribution in [-0.2, 0) is 16.1 Å². The molecule has 0 aliphatic carbocycles. The predicted molar refractivity (Wildman–Crippen MR) is 67.0 cm³/mol. The number of fused-ring (bicyclic) bond motifs is 1. The molecule has 1 aromatic carbocycles. The lowest BCUT2D eigenvalue weighted by Gasteiger charge is -2.01. The van der Waals surface area contributed by atoms with Crippen LogP contribution in [0.15, 0.2) is 24.3 Å². The second-order valence-electron chi connectivity index (χ2n) is 3.64. The van der Waals surface area contributed by atoms with E-state index in [9.17, 15) is 4.79 Å². The van der Waals surface area contributed by atoms with E-state index >= 15 is 0 Å². The molecule has 0 spiro atoms. The van der Waals surface area contributed by atoms with Gasteiger partial charge in [0.2, 0.25) is 0 Å². The summed E-state index contributed by atoms with van der Waals surface area (Å²) in [6, 6.07) is 7.80. The van der Waals surface area contributed by atoms with E-state index in [4.69, 9.17) is 11.6 Å². The first-order valence-corrected chi connectivity index (χ1v) is 5.63. The molecule has 2 rings (SSSR count). The van der Waals surface area contributed by atoms with Crippen LogP contribution < -0.4 is 5.32 Å². The molecule has 0 unspecified atom stereocenters. The highest BCUT2D eigenvalue weighted by atomic mass is 35.5. The number of hydrogen-bond acceptors (Lipinski definition) is 3. The van der Waals surface area contributed by atoms with Gasteiger partial charge in [-0.25, -0.2) is 0 Å². The Balaban J connectivity index is 2.09. The first-order valence-electron chi connectivity index (χ1n) is 5.25. The van der Waals surface area contributed by atoms with Crippen molar-refractivity contribution in [3.63, 3.8) is 0 Å². The lowest BCUT2D eigenvalue weighted by molar-refractivity contribution is -0.139. The van der Waals surface area contributed by atoms with Gasteiger partial charge in [-0.15, -0.1) is 0 Å². The average Bonchev–Trinajstić information content (AvgIpc) is 2.67. The molecule has 90 valence electrons. The first kappa shape index (κ1) is 12.0. The van der Waals surface area contributed by atoms with Gasteiger partial charge in [0, 0.05) is 23.1 Å². The summed E-state index contributed by atoms with van der Waals surface area (Å²) >= 11 is 6.22. The lowest BCUT2D eigenvalue weighted by Crippen LogP contribution is -2.23. The maximum absolute atomic E-state index is 10.9. The molecule has 0 aliphatic rings. The molecule has 0 saturated heterocycles. The zero-order valence-corrected chi connectivity index (χ0v) is 10.2. The van der Waals surface area contributed by atoms with Crippen LogP contribution in [0.3, 0.4) is 0 Å². The molecule has 0 amide bonds. The number of aromatic amines is 1. The maximum atomic E-state index is 10.9. The van der Waals surface area contributed by atoms with Crippen molar-refractivity contribution in [3.05, 3.63) is 35.0 Å². The highest BCUT2D eigenvalue weighted by Gasteiger charge is 2.08. The van der Waals surface area contributed by atoms with Crippen LogP contribution in [0.4, 0.5) is 0 Å². The second-order valence-corrected chi connectivity index (χ2v) is 4.02. The Kier molecular flexibility index (Phi) is 3.66. The molecule has 4 nitrogen and oxygen atoms in total. The van der Waals surface area contributed by atoms with Crippen molar-refractivity contribution in [2.45, 2.75) is 6.54 Å². The van der Waals surface area contributed by atoms with Crippen LogP contribution in [-0.4, -0.2) is 24.6 Å². The minimum absolute atomic E-state index is 0.169. The molecule has 0 atom stereocenters. The van der Waals surface area contributed by atoms with Crippen LogP contribution >= 0.6 is 11.6 Å². The van der Waals surface area contributed by atoms with Crippen molar-refractivity contribution in [3.8, 4) is 0 Å². The summed E-state index contributed by atoms with van der Waals surface area (Å²) < 4.78 is 4.53. The second kappa shape index (κ2) is 5.21. The Morgan fingerprint density at radius 1 is 1.47 bits per heavy atom. The predicted octanol–water partition coefficient (Wildman–Crippen LogP) is 2.08. The van der Waals surface area contributed by atoms with Crippen LogP contribution in [0.1, 0.15) is 5.69 Å². The summed E-state index contributed by atoms with van der Waals surface area (Å²) in [6.45, 7) is 0.671. The van der Waals surface area contributed by atoms with Gasteiger partial charge in [0.1, 0.15) is 0 Å². The molecular formula is C12H13ClN2O2. The van der Waals surface area contributed by atoms with Gasteiger partial charge in [0.25, 0.3) is 0 Å². The molecule has 0 radical (unpaired) electrons. The molecule has 0 fully saturated rings. The van der Waals surface area contributed by atoms with E-state index in [1.54, 1.807) is 0 Å². The van der Waals surface area contributed by atoms with Crippen molar-refractivity contribution in [1.29, 1.82) is 0 Å². The third-order valence-corrected chi connectivity index (χ3v) is 2.94. The molecule has 2 N–H and O–H groups in total. The van der Waals surface area contributed by atoms with E-state index in [0.717, 1.165) is 16.6 Å². The van der Waals surface area contributed by atoms with Crippen LogP contribution in [0, 0.1) is 0 Å². The van der Waals surface area contributed by atoms with Gasteiger partial charge in [0.05, 0.1) is 18.7 Å². The molecule has 5 heteroatoms. The molecule has 0 bridgehead atoms. The van der Waals surface area contributed by atoms with Crippen molar-refractivity contribution in [2.24, 2.45) is 0 Å². The van der Waals surface area contributed by atoms with E-state index in [-0.39, 0.29) is 12.5 Å². The van der Waals surface area contributed by atoms with E-state index in [0.29, 0.717) is 11.6 Å². The Hall–Kier alpha value is -1.52. The number of para-hydroxylation sites is 1. The van der Waals surface area contributed by atoms with Gasteiger partial charge < -0.3 is 15.0 Å². The topological polar surface area (TPSA) is 54.1 Å². The number of aromatic nitrogens is 1. The number of halogens is 1. The van der Waals surface area contributed by atoms with E-state index in [1.165, 1.54) is 7.11 Å². The number of methoxy groups -OCH3 is 1. The van der Waals surface area contributed by atoms with Gasteiger partial charge in [0.15, 0.2) is 0 Å². The van der Waals surface area contributed by atoms with Crippen molar-refractivity contribution >= 4 is 28.5 Å². The summed E-state index contributed by atoms with van der Waals surface area (Å²) in [7, 11) is 1.36. The summed E-state index contributed by atoms with van der Waals surface area (Å²) in [5.41, 5.74) is 1.86. The van der Waals surface area contributed by atoms with Crippen LogP contribution in [0.25, 0.3) is 10.9 Å². The fraction of sp³-hybridized carbons (Fsp3) is 0.250. The molecule has 1 heterocycles. The summed E-state index contributed by atoms with van der Waals surface area (Å²) in [5.74, 6) is -0.294. The highest BCUT2D eigenvalue weighted by molar-refractivity contribution is 6.36. The third kappa shape index (κ3) is 2.60. The summed E-state index contributed by atoms with van der Waals surface area (Å²) in [6.07, 6.45) is 0. The fourth-order valence-electron chi connectivity index (χ4n) is 1.65. The van der Waals surface area contributed by atoms with Gasteiger partial charge in [-0.05, 0) is 6.07 Å². The van der Waals surface area contributed by atoms with Gasteiger partial charge in [-0.2, -0.15) is 0 Å². The number of H-pyrrole nitrogens is 1. The zero-order valence-electron chi connectivity index (χ0n) is 9.42. The van der Waals surface area contributed by atoms with Gasteiger partial charge in [-0.3, -0.25) is 4.79 Å². The smallest absolute Gasteiger partial charge is 0.319 e. The van der Waals surface area contributed by atoms with Crippen molar-refractivity contribution < 1.29 is 9.53 Å². The largest absolute Gasteiger partial charge is 0.468 e. The van der Waals surface area contributed by atoms with Crippen molar-refractivity contribution in [2.75, 3.05) is 13.7 Å². The quantitative estimate of drug-likeness (QED) is 0.820. The number of benzene rings is 1. The Bertz CT molecular complexity index is 536. The van der Waals surface area contributed by atoms with Gasteiger partial charge in [-0.1, -0.05) is 29.8 Å². The minimum Gasteiger partial charge on any atom is -0.468 e. The monoisotopic (exact) mass is 252 g/mol. The number of ether oxygens (including phenoxy) is 1. The lowest BCUT2D eigenvalue weighted by atomic mass is 10.2. The molecular weight excluding hydrogens is 240 g/mol. The molecule has 0 saturated carbocycles. The number of carbonyl (C=O) groups excluding carboxylic acids is 1. The minimum atomic E-state index is -0.294. The Labute approximate surface area is 104 Å². The zero-order chi connectivity index (χ0) is 12.3. The average molecular weight is 253 g/mol. The van der Waals surface area contributed by atoms with Crippen molar-refractivity contribution in [1.82, 2.24) is 10.3 Å². The Morgan fingerprint density at radius 3 is 2.94 bits per heavy atom. The molecule has 17 heavy (non-hydrogen) atoms. The fourth-order valence-corrected chi connectivity index (χ4v) is 1.93. The van der Waals surface area contributed by atoms with Crippen LogP contribution in [0.5, 0.6) is 0 Å². The first-order chi connectivity index (χ1) is 8.22. The number of nitrogens with one attached hydrogen (secondary N) is 2. The normalized spacial score (nSPS) is 10.7. The highest BCUT2D eigenvalue weighted by Crippen LogP contribution is 2.26. The number of hydrogen-bond donors (Lipinski definition) is 2. The maximum Gasteiger partial charge on any atom is 0.319 e. The SMILES string of the molecule is COC(=O)CNCc1[nH]c2ccccc2c1Cl. The summed E-state index contributed by atoms with van der Waals surface area (Å²) in [4.78, 5) is 14.1. The number of esters is 1. The summed E-state index contributed by atoms with van der Waals surface area (Å²) in [5, 5.41) is 4.65. The van der Waals surface area contributed by atoms with E-state index < -0.39 is 0 Å². The standard InChI is InChI=1S/C12H13ClN2O2/c1-17-11(16)7-14-6-10-12(13)8-4-2-3-5-9(8)15-10/h2-5,14-15H,6-7H2,1H3. The van der Waals surface area contributed by atoms with Crippen LogP contribution in [0.2, 0.25) is 5.02 Å². The third-order valence-electron chi connectivity index (χ3n) is 2.51. The Morgan fingerprint density at radius 2 is 2.24 bits per heavy atom. The van der Waals surface area contributed by atoms with E-state index in [1.807, 2.05) is 24.3 Å². The molecule has 2 aromatic rings. The number of rotatable bonds is 4. The van der Waals surface area contributed by atoms with E-state index in [2.05, 4.69) is 15.0 Å². The van der Waals surface area contributed by atoms with Gasteiger partial charge >= 0.3 is 5.97 Å². The molecule has 1 aromatic heterocycles. The number of carbonyl (C=O) groups is 1.